The Bertz CT molecular complexity index is 977. The summed E-state index contributed by atoms with van der Waals surface area (Å²) in [4.78, 5) is 8.30. The number of nitrogens with zero attached hydrogens (tertiary/aromatic N) is 6. The van der Waals surface area contributed by atoms with Crippen LogP contribution in [0.2, 0.25) is 0 Å². The lowest BCUT2D eigenvalue weighted by Gasteiger charge is -2.02. The van der Waals surface area contributed by atoms with Gasteiger partial charge in [0.25, 0.3) is 5.89 Å². The summed E-state index contributed by atoms with van der Waals surface area (Å²) in [5.41, 5.74) is 2.70. The van der Waals surface area contributed by atoms with E-state index >= 15 is 0 Å². The maximum atomic E-state index is 13.1. The van der Waals surface area contributed by atoms with Crippen LogP contribution >= 0.6 is 0 Å². The van der Waals surface area contributed by atoms with Gasteiger partial charge in [0.1, 0.15) is 5.82 Å². The lowest BCUT2D eigenvalue weighted by atomic mass is 10.2. The van der Waals surface area contributed by atoms with E-state index in [9.17, 15) is 4.39 Å². The van der Waals surface area contributed by atoms with Crippen LogP contribution in [0.4, 0.5) is 4.39 Å². The minimum Gasteiger partial charge on any atom is -0.334 e. The fraction of sp³-hybridized carbons (Fsp3) is 0.0625. The Morgan fingerprint density at radius 2 is 1.79 bits per heavy atom. The summed E-state index contributed by atoms with van der Waals surface area (Å²) in [6.07, 6.45) is 3.30. The van der Waals surface area contributed by atoms with Crippen LogP contribution < -0.4 is 0 Å². The van der Waals surface area contributed by atoms with E-state index in [1.54, 1.807) is 41.3 Å². The van der Waals surface area contributed by atoms with Crippen molar-refractivity contribution in [1.29, 1.82) is 0 Å². The highest BCUT2D eigenvalue weighted by atomic mass is 19.1. The van der Waals surface area contributed by atoms with E-state index in [1.807, 2.05) is 6.92 Å². The Kier molecular flexibility index (Phi) is 3.34. The molecule has 3 aromatic heterocycles. The maximum absolute atomic E-state index is 13.1. The van der Waals surface area contributed by atoms with E-state index < -0.39 is 0 Å². The average molecular weight is 322 g/mol. The van der Waals surface area contributed by atoms with Crippen LogP contribution in [0.5, 0.6) is 0 Å². The summed E-state index contributed by atoms with van der Waals surface area (Å²) >= 11 is 0. The highest BCUT2D eigenvalue weighted by Crippen LogP contribution is 2.23. The first-order valence-electron chi connectivity index (χ1n) is 7.15. The van der Waals surface area contributed by atoms with Crippen LogP contribution in [0, 0.1) is 12.7 Å². The first kappa shape index (κ1) is 14.2. The summed E-state index contributed by atoms with van der Waals surface area (Å²) in [5, 5.41) is 12.2. The highest BCUT2D eigenvalue weighted by molar-refractivity contribution is 5.58. The van der Waals surface area contributed by atoms with Gasteiger partial charge in [0.2, 0.25) is 5.82 Å². The van der Waals surface area contributed by atoms with E-state index in [0.29, 0.717) is 23.1 Å². The molecule has 4 aromatic rings. The second kappa shape index (κ2) is 5.65. The monoisotopic (exact) mass is 322 g/mol. The van der Waals surface area contributed by atoms with E-state index in [0.717, 1.165) is 11.3 Å². The molecule has 0 aliphatic heterocycles. The SMILES string of the molecule is Cc1c(-c2noc(-c3ccncc3)n2)nnn1-c1ccc(F)cc1. The molecule has 8 heteroatoms. The molecule has 0 radical (unpaired) electrons. The van der Waals surface area contributed by atoms with Gasteiger partial charge >= 0.3 is 0 Å². The smallest absolute Gasteiger partial charge is 0.258 e. The van der Waals surface area contributed by atoms with Crippen molar-refractivity contribution in [2.24, 2.45) is 0 Å². The molecule has 0 saturated carbocycles. The van der Waals surface area contributed by atoms with E-state index in [4.69, 9.17) is 4.52 Å². The maximum Gasteiger partial charge on any atom is 0.258 e. The molecule has 3 heterocycles. The predicted molar refractivity (Wildman–Crippen MR) is 82.6 cm³/mol. The van der Waals surface area contributed by atoms with Gasteiger partial charge < -0.3 is 4.52 Å². The average Bonchev–Trinajstić information content (AvgIpc) is 3.23. The molecule has 4 rings (SSSR count). The Labute approximate surface area is 135 Å². The van der Waals surface area contributed by atoms with Crippen molar-refractivity contribution in [3.8, 4) is 28.7 Å². The van der Waals surface area contributed by atoms with Gasteiger partial charge in [-0.05, 0) is 43.3 Å². The van der Waals surface area contributed by atoms with Crippen LogP contribution in [0.15, 0.2) is 53.3 Å². The van der Waals surface area contributed by atoms with Gasteiger partial charge in [-0.2, -0.15) is 4.98 Å². The molecule has 0 atom stereocenters. The number of hydrogen-bond donors (Lipinski definition) is 0. The Balaban J connectivity index is 1.71. The molecule has 0 fully saturated rings. The van der Waals surface area contributed by atoms with Crippen molar-refractivity contribution in [3.63, 3.8) is 0 Å². The molecule has 1 aromatic carbocycles. The molecule has 0 N–H and O–H groups in total. The molecule has 0 spiro atoms. The standard InChI is InChI=1S/C16H11FN6O/c1-10-14(20-22-23(10)13-4-2-12(17)3-5-13)15-19-16(24-21-15)11-6-8-18-9-7-11/h2-9H,1H3. The zero-order valence-electron chi connectivity index (χ0n) is 12.6. The summed E-state index contributed by atoms with van der Waals surface area (Å²) in [6, 6.07) is 9.54. The molecule has 118 valence electrons. The van der Waals surface area contributed by atoms with Crippen LogP contribution in [-0.2, 0) is 0 Å². The van der Waals surface area contributed by atoms with Crippen LogP contribution in [0.1, 0.15) is 5.69 Å². The fourth-order valence-electron chi connectivity index (χ4n) is 2.29. The number of benzene rings is 1. The summed E-state index contributed by atoms with van der Waals surface area (Å²) < 4.78 is 19.9. The van der Waals surface area contributed by atoms with Crippen molar-refractivity contribution in [2.45, 2.75) is 6.92 Å². The second-order valence-electron chi connectivity index (χ2n) is 5.07. The molecule has 0 aliphatic carbocycles. The Morgan fingerprint density at radius 1 is 1.04 bits per heavy atom. The third-order valence-corrected chi connectivity index (χ3v) is 3.53. The Morgan fingerprint density at radius 3 is 2.54 bits per heavy atom. The van der Waals surface area contributed by atoms with Gasteiger partial charge in [0.05, 0.1) is 11.4 Å². The van der Waals surface area contributed by atoms with Crippen molar-refractivity contribution in [2.75, 3.05) is 0 Å². The zero-order valence-corrected chi connectivity index (χ0v) is 12.6. The van der Waals surface area contributed by atoms with Crippen LogP contribution in [0.3, 0.4) is 0 Å². The molecular formula is C16H11FN6O. The van der Waals surface area contributed by atoms with Gasteiger partial charge in [0.15, 0.2) is 5.69 Å². The summed E-state index contributed by atoms with van der Waals surface area (Å²) in [6.45, 7) is 1.83. The fourth-order valence-corrected chi connectivity index (χ4v) is 2.29. The largest absolute Gasteiger partial charge is 0.334 e. The summed E-state index contributed by atoms with van der Waals surface area (Å²) in [7, 11) is 0. The lowest BCUT2D eigenvalue weighted by molar-refractivity contribution is 0.432. The first-order chi connectivity index (χ1) is 11.7. The number of pyridine rings is 1. The molecule has 7 nitrogen and oxygen atoms in total. The third-order valence-electron chi connectivity index (χ3n) is 3.53. The van der Waals surface area contributed by atoms with Gasteiger partial charge in [-0.1, -0.05) is 10.4 Å². The number of rotatable bonds is 3. The van der Waals surface area contributed by atoms with Gasteiger partial charge in [-0.3, -0.25) is 4.98 Å². The normalized spacial score (nSPS) is 10.9. The van der Waals surface area contributed by atoms with Crippen LogP contribution in [-0.4, -0.2) is 30.1 Å². The van der Waals surface area contributed by atoms with Crippen molar-refractivity contribution < 1.29 is 8.91 Å². The first-order valence-corrected chi connectivity index (χ1v) is 7.15. The van der Waals surface area contributed by atoms with Crippen molar-refractivity contribution >= 4 is 0 Å². The van der Waals surface area contributed by atoms with Gasteiger partial charge in [-0.15, -0.1) is 5.10 Å². The second-order valence-corrected chi connectivity index (χ2v) is 5.07. The molecule has 0 aliphatic rings. The third kappa shape index (κ3) is 2.43. The molecule has 0 bridgehead atoms. The molecule has 24 heavy (non-hydrogen) atoms. The topological polar surface area (TPSA) is 82.5 Å². The molecule has 0 saturated heterocycles. The lowest BCUT2D eigenvalue weighted by Crippen LogP contribution is -1.99. The highest BCUT2D eigenvalue weighted by Gasteiger charge is 2.18. The minimum atomic E-state index is -0.308. The van der Waals surface area contributed by atoms with Crippen molar-refractivity contribution in [3.05, 3.63) is 60.3 Å². The predicted octanol–water partition coefficient (Wildman–Crippen LogP) is 2.83. The van der Waals surface area contributed by atoms with Gasteiger partial charge in [-0.25, -0.2) is 9.07 Å². The number of halogens is 1. The van der Waals surface area contributed by atoms with Crippen LogP contribution in [0.25, 0.3) is 28.7 Å². The van der Waals surface area contributed by atoms with Gasteiger partial charge in [0, 0.05) is 18.0 Å². The zero-order chi connectivity index (χ0) is 16.5. The van der Waals surface area contributed by atoms with E-state index in [1.165, 1.54) is 12.1 Å². The number of aromatic nitrogens is 6. The molecule has 0 amide bonds. The summed E-state index contributed by atoms with van der Waals surface area (Å²) in [5.74, 6) is 0.410. The minimum absolute atomic E-state index is 0.308. The quantitative estimate of drug-likeness (QED) is 0.577. The molecule has 0 unspecified atom stereocenters. The van der Waals surface area contributed by atoms with Crippen molar-refractivity contribution in [1.82, 2.24) is 30.1 Å². The molecular weight excluding hydrogens is 311 g/mol. The van der Waals surface area contributed by atoms with E-state index in [2.05, 4.69) is 25.4 Å². The van der Waals surface area contributed by atoms with E-state index in [-0.39, 0.29) is 5.82 Å². The number of hydrogen-bond acceptors (Lipinski definition) is 6. The Hall–Kier alpha value is -3.42.